The molecule has 23 nitrogen and oxygen atoms in total. The number of benzene rings is 2. The van der Waals surface area contributed by atoms with Crippen molar-refractivity contribution in [1.29, 1.82) is 0 Å². The number of imidazole rings is 1. The number of nitrogens with one attached hydrogen (secondary N) is 2. The highest BCUT2D eigenvalue weighted by atomic mass is 31.3. The van der Waals surface area contributed by atoms with Gasteiger partial charge in [0, 0.05) is 76.0 Å². The molecule has 70 heavy (non-hydrogen) atoms. The molecule has 2 aromatic carbocycles. The maximum absolute atomic E-state index is 14.3. The predicted molar refractivity (Wildman–Crippen MR) is 257 cm³/mol. The zero-order chi connectivity index (χ0) is 50.9. The number of aliphatic hydroxyl groups is 1. The van der Waals surface area contributed by atoms with Crippen LogP contribution in [0.2, 0.25) is 0 Å². The second-order valence-corrected chi connectivity index (χ2v) is 20.6. The molecule has 1 aliphatic heterocycles. The van der Waals surface area contributed by atoms with Crippen LogP contribution in [0.3, 0.4) is 0 Å². The van der Waals surface area contributed by atoms with E-state index in [1.165, 1.54) is 10.9 Å². The number of hydrogen-bond acceptors (Lipinski definition) is 15. The van der Waals surface area contributed by atoms with Crippen LogP contribution in [-0.4, -0.2) is 152 Å². The molecule has 8 N–H and O–H groups in total. The minimum absolute atomic E-state index is 0.0146. The number of phosphoric ester groups is 1. The van der Waals surface area contributed by atoms with Crippen molar-refractivity contribution < 1.29 is 66.2 Å². The van der Waals surface area contributed by atoms with Crippen LogP contribution in [0.5, 0.6) is 0 Å². The van der Waals surface area contributed by atoms with E-state index in [9.17, 15) is 33.5 Å². The number of alkyl carbamates (subject to hydrolysis) is 1. The average Bonchev–Trinajstić information content (AvgIpc) is 3.86. The molecule has 4 aromatic rings. The second kappa shape index (κ2) is 20.7. The monoisotopic (exact) mass is 1010 g/mol. The summed E-state index contributed by atoms with van der Waals surface area (Å²) in [5.41, 5.74) is 14.6. The highest BCUT2D eigenvalue weighted by Gasteiger charge is 2.49. The van der Waals surface area contributed by atoms with Crippen molar-refractivity contribution in [3.05, 3.63) is 107 Å². The largest absolute Gasteiger partial charge is 0.481 e. The number of phosphoric acid groups is 2. The number of carbonyl (C=O) groups excluding carboxylic acids is 3. The Bertz CT molecular complexity index is 2920. The van der Waals surface area contributed by atoms with Crippen LogP contribution >= 0.6 is 15.6 Å². The van der Waals surface area contributed by atoms with Crippen molar-refractivity contribution in [2.45, 2.75) is 56.6 Å². The first-order valence-corrected chi connectivity index (χ1v) is 25.1. The Hall–Kier alpha value is -6.13. The van der Waals surface area contributed by atoms with Gasteiger partial charge in [0.25, 0.3) is 5.91 Å². The number of nitrogens with zero attached hydrogens (tertiary/aromatic N) is 7. The molecular formula is C45H57N10O13P2+. The van der Waals surface area contributed by atoms with Gasteiger partial charge >= 0.3 is 21.7 Å². The lowest BCUT2D eigenvalue weighted by Crippen LogP contribution is -2.42. The van der Waals surface area contributed by atoms with Crippen molar-refractivity contribution in [1.82, 2.24) is 35.1 Å². The smallest absolute Gasteiger partial charge is 0.440 e. The molecule has 1 unspecified atom stereocenters. The van der Waals surface area contributed by atoms with Gasteiger partial charge in [-0.2, -0.15) is 4.31 Å². The molecule has 1 saturated heterocycles. The number of nitrogen functional groups attached to an aromatic ring is 1. The minimum Gasteiger partial charge on any atom is -0.440 e. The van der Waals surface area contributed by atoms with Crippen LogP contribution in [0.25, 0.3) is 16.7 Å². The topological polar surface area (TPSA) is 306 Å². The quantitative estimate of drug-likeness (QED) is 0.0454. The Kier molecular flexibility index (Phi) is 15.3. The van der Waals surface area contributed by atoms with E-state index in [-0.39, 0.29) is 60.3 Å². The van der Waals surface area contributed by atoms with Gasteiger partial charge in [-0.25, -0.2) is 33.5 Å². The van der Waals surface area contributed by atoms with Gasteiger partial charge in [0.15, 0.2) is 29.5 Å². The van der Waals surface area contributed by atoms with E-state index in [2.05, 4.69) is 89.6 Å². The summed E-state index contributed by atoms with van der Waals surface area (Å²) in [6.07, 6.45) is 1.92. The van der Waals surface area contributed by atoms with Crippen molar-refractivity contribution in [2.24, 2.45) is 0 Å². The highest BCUT2D eigenvalue weighted by Crippen LogP contribution is 2.58. The third-order valence-electron chi connectivity index (χ3n) is 12.1. The number of aromatic nitrogens is 4. The molecule has 1 fully saturated rings. The normalized spacial score (nSPS) is 20.3. The van der Waals surface area contributed by atoms with Gasteiger partial charge < -0.3 is 55.4 Å². The van der Waals surface area contributed by atoms with Crippen LogP contribution in [0, 0.1) is 0 Å². The van der Waals surface area contributed by atoms with Crippen molar-refractivity contribution >= 4 is 67.5 Å². The first-order valence-electron chi connectivity index (χ1n) is 22.1. The molecule has 0 saturated carbocycles. The van der Waals surface area contributed by atoms with E-state index in [0.29, 0.717) is 12.0 Å². The number of ether oxygens (including phenoxy) is 2. The third kappa shape index (κ3) is 11.2. The van der Waals surface area contributed by atoms with E-state index in [0.717, 1.165) is 51.1 Å². The molecule has 0 bridgehead atoms. The molecule has 2 aliphatic carbocycles. The summed E-state index contributed by atoms with van der Waals surface area (Å²) in [7, 11) is -1.10. The third-order valence-corrected chi connectivity index (χ3v) is 14.3. The zero-order valence-corrected chi connectivity index (χ0v) is 41.3. The number of allylic oxidation sites excluding steroid dienone is 5. The number of hydrogen-bond donors (Lipinski definition) is 7. The van der Waals surface area contributed by atoms with Crippen LogP contribution in [0.4, 0.5) is 16.3 Å². The van der Waals surface area contributed by atoms with Crippen LogP contribution in [-0.2, 0) is 37.6 Å². The van der Waals surface area contributed by atoms with Gasteiger partial charge in [-0.15, -0.1) is 0 Å². The van der Waals surface area contributed by atoms with Crippen molar-refractivity contribution in [2.75, 3.05) is 72.1 Å². The number of anilines is 2. The van der Waals surface area contributed by atoms with Crippen LogP contribution in [0.1, 0.15) is 60.0 Å². The second-order valence-electron chi connectivity index (χ2n) is 17.7. The van der Waals surface area contributed by atoms with Crippen molar-refractivity contribution in [3.63, 3.8) is 0 Å². The SMILES string of the molecule is CN(CCCC(=O)NCCNC(=O)O[C@H]1[C@@H](O)[C@H](n2cnc3c(N)ncnc32)O[C@@H]1COP(=O)(O)OP(=O)(O)O)C(=O)c1ccccc1C1=C2C=CC(=[N+](C)C)C=C2C(C)(C)c2cc(N(C)C)ccc21. The van der Waals surface area contributed by atoms with E-state index in [4.69, 9.17) is 29.5 Å². The Morgan fingerprint density at radius 2 is 1.71 bits per heavy atom. The lowest BCUT2D eigenvalue weighted by molar-refractivity contribution is -0.462. The molecule has 3 heterocycles. The van der Waals surface area contributed by atoms with E-state index in [1.54, 1.807) is 11.9 Å². The van der Waals surface area contributed by atoms with Crippen LogP contribution in [0.15, 0.2) is 84.5 Å². The number of fused-ring (bicyclic) bond motifs is 3. The molecule has 0 radical (unpaired) electrons. The van der Waals surface area contributed by atoms with Gasteiger partial charge in [-0.1, -0.05) is 38.1 Å². The summed E-state index contributed by atoms with van der Waals surface area (Å²) in [5, 5.41) is 16.4. The highest BCUT2D eigenvalue weighted by molar-refractivity contribution is 7.60. The number of carbonyl (C=O) groups is 3. The fourth-order valence-corrected chi connectivity index (χ4v) is 10.2. The van der Waals surface area contributed by atoms with E-state index in [1.807, 2.05) is 52.5 Å². The summed E-state index contributed by atoms with van der Waals surface area (Å²) >= 11 is 0. The zero-order valence-electron chi connectivity index (χ0n) is 39.5. The number of amides is 3. The fraction of sp³-hybridized carbons (Fsp3) is 0.400. The predicted octanol–water partition coefficient (Wildman–Crippen LogP) is 3.02. The van der Waals surface area contributed by atoms with Gasteiger partial charge in [0.2, 0.25) is 5.91 Å². The van der Waals surface area contributed by atoms with Gasteiger partial charge in [0.05, 0.1) is 12.9 Å². The molecule has 7 rings (SSSR count). The Morgan fingerprint density at radius 3 is 2.43 bits per heavy atom. The Labute approximate surface area is 403 Å². The molecule has 2 aromatic heterocycles. The molecular weight excluding hydrogens is 950 g/mol. The van der Waals surface area contributed by atoms with Gasteiger partial charge in [0.1, 0.15) is 38.1 Å². The lowest BCUT2D eigenvalue weighted by Gasteiger charge is -2.39. The molecule has 5 atom stereocenters. The van der Waals surface area contributed by atoms with E-state index < -0.39 is 52.9 Å². The Morgan fingerprint density at radius 1 is 0.986 bits per heavy atom. The fourth-order valence-electron chi connectivity index (χ4n) is 8.57. The molecule has 0 spiro atoms. The standard InChI is InChI=1S/C45H56N10O13P2/c1-45(2)32-21-26(52(3)4)14-16-30(32)36(31-17-15-27(53(5)6)22-33(31)45)28-11-8-9-12-29(28)42(58)54(7)20-10-13-35(56)47-18-19-48-44(59)67-39-34(23-65-70(63,64)68-69(60,61)62)66-43(38(39)57)55-25-51-37-40(46)49-24-50-41(37)55/h8-9,11-12,14-17,21-22,24-25,34,38-39,43,57H,10,13,18-20,23H2,1-7H3,(H6-,46,47,48,49,50,56,59,60,61,62,63,64)/p+1/t34-,38-,39-,43-/m1/s1. The van der Waals surface area contributed by atoms with Gasteiger partial charge in [-0.05, 0) is 64.1 Å². The van der Waals surface area contributed by atoms with Gasteiger partial charge in [-0.3, -0.25) is 18.7 Å². The first-order chi connectivity index (χ1) is 33.0. The van der Waals surface area contributed by atoms with Crippen LogP contribution < -0.4 is 21.3 Å². The van der Waals surface area contributed by atoms with Crippen molar-refractivity contribution in [3.8, 4) is 0 Å². The minimum atomic E-state index is -5.47. The molecule has 374 valence electrons. The molecule has 3 aliphatic rings. The Balaban J connectivity index is 0.952. The molecule has 25 heteroatoms. The maximum atomic E-state index is 14.3. The summed E-state index contributed by atoms with van der Waals surface area (Å²) in [4.78, 5) is 83.7. The molecule has 3 amide bonds. The first kappa shape index (κ1) is 51.7. The summed E-state index contributed by atoms with van der Waals surface area (Å²) < 4.78 is 46.5. The number of aliphatic hydroxyl groups excluding tert-OH is 1. The maximum Gasteiger partial charge on any atom is 0.481 e. The summed E-state index contributed by atoms with van der Waals surface area (Å²) in [6, 6.07) is 14.0. The number of nitrogens with two attached hydrogens (primary N) is 1. The van der Waals surface area contributed by atoms with E-state index >= 15 is 0 Å². The summed E-state index contributed by atoms with van der Waals surface area (Å²) in [6.45, 7) is 3.61. The average molecular weight is 1010 g/mol. The lowest BCUT2D eigenvalue weighted by atomic mass is 9.64. The summed E-state index contributed by atoms with van der Waals surface area (Å²) in [5.74, 6) is -0.536. The number of rotatable bonds is 17.